The Balaban J connectivity index is 1.41. The molecule has 31 heavy (non-hydrogen) atoms. The summed E-state index contributed by atoms with van der Waals surface area (Å²) in [6.07, 6.45) is 1.75. The van der Waals surface area contributed by atoms with Gasteiger partial charge < -0.3 is 4.90 Å². The highest BCUT2D eigenvalue weighted by atomic mass is 16.2. The van der Waals surface area contributed by atoms with Crippen LogP contribution in [-0.4, -0.2) is 22.0 Å². The smallest absolute Gasteiger partial charge is 0.261 e. The molecule has 1 unspecified atom stereocenters. The molecule has 3 aromatic carbocycles. The zero-order chi connectivity index (χ0) is 20.9. The number of carbonyl (C=O) groups excluding carboxylic acids is 1. The summed E-state index contributed by atoms with van der Waals surface area (Å²) < 4.78 is 1.75. The predicted octanol–water partition coefficient (Wildman–Crippen LogP) is 4.14. The Labute approximate surface area is 179 Å². The van der Waals surface area contributed by atoms with Crippen molar-refractivity contribution >= 4 is 22.5 Å². The van der Waals surface area contributed by atoms with Gasteiger partial charge in [0.05, 0.1) is 10.9 Å². The molecule has 0 spiro atoms. The van der Waals surface area contributed by atoms with Gasteiger partial charge in [-0.15, -0.1) is 0 Å². The molecular weight excluding hydrogens is 386 g/mol. The van der Waals surface area contributed by atoms with Gasteiger partial charge in [-0.05, 0) is 41.8 Å². The zero-order valence-corrected chi connectivity index (χ0v) is 17.0. The standard InChI is InChI=1S/C26H21N3O2/c30-25(18-12-13-20-22(15-18)27-24-11-6-14-28(24)26(20)31)29-16-21(17-7-2-1-3-8-17)19-9-4-5-10-23(19)29/h1-5,7-10,12-13,15,21H,6,11,14,16H2. The molecule has 6 rings (SSSR count). The third-order valence-corrected chi connectivity index (χ3v) is 6.48. The van der Waals surface area contributed by atoms with E-state index in [-0.39, 0.29) is 17.4 Å². The number of hydrogen-bond acceptors (Lipinski definition) is 3. The van der Waals surface area contributed by atoms with Crippen molar-refractivity contribution in [1.82, 2.24) is 9.55 Å². The number of hydrogen-bond donors (Lipinski definition) is 0. The Morgan fingerprint density at radius 2 is 1.77 bits per heavy atom. The van der Waals surface area contributed by atoms with Gasteiger partial charge in [-0.25, -0.2) is 4.98 Å². The average Bonchev–Trinajstić information content (AvgIpc) is 3.44. The molecule has 0 N–H and O–H groups in total. The minimum Gasteiger partial charge on any atom is -0.307 e. The maximum absolute atomic E-state index is 13.6. The lowest BCUT2D eigenvalue weighted by Gasteiger charge is -2.18. The van der Waals surface area contributed by atoms with Crippen LogP contribution in [0.5, 0.6) is 0 Å². The summed E-state index contributed by atoms with van der Waals surface area (Å²) in [7, 11) is 0. The Morgan fingerprint density at radius 1 is 0.968 bits per heavy atom. The van der Waals surface area contributed by atoms with Crippen molar-refractivity contribution < 1.29 is 4.79 Å². The monoisotopic (exact) mass is 407 g/mol. The summed E-state index contributed by atoms with van der Waals surface area (Å²) in [6, 6.07) is 23.7. The van der Waals surface area contributed by atoms with Gasteiger partial charge in [0.15, 0.2) is 0 Å². The number of nitrogens with zero attached hydrogens (tertiary/aromatic N) is 3. The molecule has 2 aliphatic heterocycles. The number of para-hydroxylation sites is 1. The maximum Gasteiger partial charge on any atom is 0.261 e. The SMILES string of the molecule is O=C(c1ccc2c(=O)n3c(nc2c1)CCC3)N1CC(c2ccccc2)c2ccccc21. The zero-order valence-electron chi connectivity index (χ0n) is 17.0. The summed E-state index contributed by atoms with van der Waals surface area (Å²) in [4.78, 5) is 32.9. The molecule has 2 aliphatic rings. The van der Waals surface area contributed by atoms with Crippen LogP contribution in [0.2, 0.25) is 0 Å². The van der Waals surface area contributed by atoms with Crippen LogP contribution < -0.4 is 10.5 Å². The summed E-state index contributed by atoms with van der Waals surface area (Å²) in [5.74, 6) is 0.904. The van der Waals surface area contributed by atoms with Gasteiger partial charge in [0.25, 0.3) is 11.5 Å². The first-order valence-corrected chi connectivity index (χ1v) is 10.7. The van der Waals surface area contributed by atoms with E-state index in [2.05, 4.69) is 23.2 Å². The third kappa shape index (κ3) is 2.81. The molecule has 5 heteroatoms. The fourth-order valence-corrected chi connectivity index (χ4v) is 4.94. The number of rotatable bonds is 2. The number of fused-ring (bicyclic) bond motifs is 3. The highest BCUT2D eigenvalue weighted by molar-refractivity contribution is 6.09. The third-order valence-electron chi connectivity index (χ3n) is 6.48. The fourth-order valence-electron chi connectivity index (χ4n) is 4.94. The second-order valence-corrected chi connectivity index (χ2v) is 8.26. The number of aryl methyl sites for hydroxylation is 1. The van der Waals surface area contributed by atoms with Crippen LogP contribution in [0, 0.1) is 0 Å². The summed E-state index contributed by atoms with van der Waals surface area (Å²) in [5.41, 5.74) is 4.48. The van der Waals surface area contributed by atoms with Crippen LogP contribution in [0.15, 0.2) is 77.6 Å². The highest BCUT2D eigenvalue weighted by Gasteiger charge is 2.33. The van der Waals surface area contributed by atoms with Gasteiger partial charge >= 0.3 is 0 Å². The first-order valence-electron chi connectivity index (χ1n) is 10.7. The van der Waals surface area contributed by atoms with Crippen molar-refractivity contribution in [2.45, 2.75) is 25.3 Å². The minimum atomic E-state index is -0.0600. The van der Waals surface area contributed by atoms with Gasteiger partial charge in [0.2, 0.25) is 0 Å². The van der Waals surface area contributed by atoms with Gasteiger partial charge in [-0.1, -0.05) is 48.5 Å². The van der Waals surface area contributed by atoms with E-state index in [1.54, 1.807) is 22.8 Å². The number of carbonyl (C=O) groups is 1. The van der Waals surface area contributed by atoms with E-state index in [1.807, 2.05) is 41.3 Å². The van der Waals surface area contributed by atoms with E-state index in [1.165, 1.54) is 5.56 Å². The molecule has 1 atom stereocenters. The van der Waals surface area contributed by atoms with Crippen molar-refractivity contribution in [1.29, 1.82) is 0 Å². The molecule has 0 saturated heterocycles. The van der Waals surface area contributed by atoms with Crippen molar-refractivity contribution in [2.24, 2.45) is 0 Å². The first-order chi connectivity index (χ1) is 15.2. The van der Waals surface area contributed by atoms with Gasteiger partial charge in [0.1, 0.15) is 5.82 Å². The predicted molar refractivity (Wildman–Crippen MR) is 121 cm³/mol. The number of aromatic nitrogens is 2. The minimum absolute atomic E-state index is 0.00726. The van der Waals surface area contributed by atoms with Crippen LogP contribution in [0.3, 0.4) is 0 Å². The first kappa shape index (κ1) is 18.1. The largest absolute Gasteiger partial charge is 0.307 e. The number of amides is 1. The maximum atomic E-state index is 13.6. The van der Waals surface area contributed by atoms with Gasteiger partial charge in [-0.2, -0.15) is 0 Å². The second-order valence-electron chi connectivity index (χ2n) is 8.26. The lowest BCUT2D eigenvalue weighted by molar-refractivity contribution is 0.0989. The van der Waals surface area contributed by atoms with Crippen molar-refractivity contribution in [3.63, 3.8) is 0 Å². The van der Waals surface area contributed by atoms with Crippen LogP contribution in [0.25, 0.3) is 10.9 Å². The van der Waals surface area contributed by atoms with Crippen LogP contribution >= 0.6 is 0 Å². The topological polar surface area (TPSA) is 55.2 Å². The quantitative estimate of drug-likeness (QED) is 0.502. The van der Waals surface area contributed by atoms with E-state index < -0.39 is 0 Å². The molecule has 0 saturated carbocycles. The Hall–Kier alpha value is -3.73. The molecule has 0 bridgehead atoms. The summed E-state index contributed by atoms with van der Waals surface area (Å²) >= 11 is 0. The number of anilines is 1. The molecule has 3 heterocycles. The van der Waals surface area contributed by atoms with Gasteiger partial charge in [-0.3, -0.25) is 14.2 Å². The second kappa shape index (κ2) is 6.91. The van der Waals surface area contributed by atoms with Crippen LogP contribution in [0.4, 0.5) is 5.69 Å². The Bertz CT molecular complexity index is 1390. The average molecular weight is 407 g/mol. The normalized spacial score (nSPS) is 17.0. The van der Waals surface area contributed by atoms with Gasteiger partial charge in [0, 0.05) is 36.7 Å². The van der Waals surface area contributed by atoms with E-state index >= 15 is 0 Å². The van der Waals surface area contributed by atoms with E-state index in [0.717, 1.165) is 36.5 Å². The van der Waals surface area contributed by atoms with E-state index in [4.69, 9.17) is 0 Å². The number of benzene rings is 3. The van der Waals surface area contributed by atoms with Crippen molar-refractivity contribution in [3.05, 3.63) is 106 Å². The van der Waals surface area contributed by atoms with Crippen LogP contribution in [0.1, 0.15) is 39.6 Å². The Kier molecular flexibility index (Phi) is 4.03. The van der Waals surface area contributed by atoms with Crippen molar-refractivity contribution in [2.75, 3.05) is 11.4 Å². The van der Waals surface area contributed by atoms with E-state index in [0.29, 0.717) is 23.0 Å². The Morgan fingerprint density at radius 3 is 2.65 bits per heavy atom. The molecule has 152 valence electrons. The molecule has 5 nitrogen and oxygen atoms in total. The molecule has 0 fully saturated rings. The lowest BCUT2D eigenvalue weighted by Crippen LogP contribution is -2.30. The summed E-state index contributed by atoms with van der Waals surface area (Å²) in [6.45, 7) is 1.32. The molecule has 4 aromatic rings. The lowest BCUT2D eigenvalue weighted by atomic mass is 9.93. The molecule has 1 aromatic heterocycles. The fraction of sp³-hybridized carbons (Fsp3) is 0.192. The highest BCUT2D eigenvalue weighted by Crippen LogP contribution is 2.40. The van der Waals surface area contributed by atoms with E-state index in [9.17, 15) is 9.59 Å². The molecule has 0 radical (unpaired) electrons. The van der Waals surface area contributed by atoms with Crippen LogP contribution in [-0.2, 0) is 13.0 Å². The summed E-state index contributed by atoms with van der Waals surface area (Å²) in [5, 5.41) is 0.575. The molecule has 0 aliphatic carbocycles. The van der Waals surface area contributed by atoms with Crippen molar-refractivity contribution in [3.8, 4) is 0 Å². The molecule has 1 amide bonds. The molecular formula is C26H21N3O2.